The first-order valence-electron chi connectivity index (χ1n) is 6.86. The second-order valence-electron chi connectivity index (χ2n) is 5.18. The van der Waals surface area contributed by atoms with Crippen LogP contribution >= 0.6 is 0 Å². The molecule has 0 saturated carbocycles. The monoisotopic (exact) mass is 270 g/mol. The topological polar surface area (TPSA) is 59.0 Å². The van der Waals surface area contributed by atoms with Gasteiger partial charge in [0.15, 0.2) is 0 Å². The van der Waals surface area contributed by atoms with Crippen molar-refractivity contribution < 1.29 is 4.79 Å². The molecule has 0 aliphatic carbocycles. The Labute approximate surface area is 118 Å². The summed E-state index contributed by atoms with van der Waals surface area (Å²) in [4.78, 5) is 16.2. The third kappa shape index (κ3) is 2.66. The van der Waals surface area contributed by atoms with E-state index in [9.17, 15) is 4.79 Å². The van der Waals surface area contributed by atoms with Gasteiger partial charge < -0.3 is 15.2 Å². The molecule has 1 amide bonds. The highest BCUT2D eigenvalue weighted by Gasteiger charge is 2.14. The second kappa shape index (κ2) is 5.36. The van der Waals surface area contributed by atoms with Crippen molar-refractivity contribution in [2.24, 2.45) is 0 Å². The maximum atomic E-state index is 12.2. The van der Waals surface area contributed by atoms with Gasteiger partial charge in [0, 0.05) is 42.8 Å². The number of hydrogen-bond acceptors (Lipinski definition) is 3. The Balaban J connectivity index is 1.64. The van der Waals surface area contributed by atoms with Crippen molar-refractivity contribution in [2.75, 3.05) is 11.9 Å². The zero-order valence-corrected chi connectivity index (χ0v) is 11.5. The minimum absolute atomic E-state index is 0.0332. The second-order valence-corrected chi connectivity index (χ2v) is 5.18. The molecule has 0 fully saturated rings. The first-order chi connectivity index (χ1) is 9.72. The van der Waals surface area contributed by atoms with E-state index in [-0.39, 0.29) is 11.9 Å². The van der Waals surface area contributed by atoms with E-state index < -0.39 is 0 Å². The standard InChI is InChI=1S/C15H18N4O/c1-11(9-19-7-6-16-10-19)18-15(20)13-3-2-12-4-5-17-14(12)8-13/h2-3,6-8,10-11,17H,4-5,9H2,1H3,(H,18,20). The Morgan fingerprint density at radius 3 is 3.25 bits per heavy atom. The van der Waals surface area contributed by atoms with Gasteiger partial charge in [0.2, 0.25) is 0 Å². The minimum atomic E-state index is -0.0332. The lowest BCUT2D eigenvalue weighted by Crippen LogP contribution is -2.35. The molecule has 0 spiro atoms. The molecule has 1 atom stereocenters. The van der Waals surface area contributed by atoms with Crippen LogP contribution in [-0.2, 0) is 13.0 Å². The number of benzene rings is 1. The minimum Gasteiger partial charge on any atom is -0.384 e. The van der Waals surface area contributed by atoms with Crippen LogP contribution in [0.5, 0.6) is 0 Å². The average molecular weight is 270 g/mol. The number of fused-ring (bicyclic) bond motifs is 1. The summed E-state index contributed by atoms with van der Waals surface area (Å²) in [5, 5.41) is 6.30. The first-order valence-corrected chi connectivity index (χ1v) is 6.86. The molecular weight excluding hydrogens is 252 g/mol. The van der Waals surface area contributed by atoms with Crippen molar-refractivity contribution in [1.29, 1.82) is 0 Å². The number of carbonyl (C=O) groups is 1. The molecule has 1 aromatic carbocycles. The van der Waals surface area contributed by atoms with Crippen LogP contribution in [0.3, 0.4) is 0 Å². The van der Waals surface area contributed by atoms with Crippen molar-refractivity contribution in [1.82, 2.24) is 14.9 Å². The molecule has 104 valence electrons. The average Bonchev–Trinajstić information content (AvgIpc) is 3.07. The van der Waals surface area contributed by atoms with Crippen molar-refractivity contribution in [3.8, 4) is 0 Å². The van der Waals surface area contributed by atoms with Crippen molar-refractivity contribution in [2.45, 2.75) is 25.9 Å². The summed E-state index contributed by atoms with van der Waals surface area (Å²) in [6.07, 6.45) is 6.42. The van der Waals surface area contributed by atoms with E-state index >= 15 is 0 Å². The van der Waals surface area contributed by atoms with Crippen molar-refractivity contribution >= 4 is 11.6 Å². The van der Waals surface area contributed by atoms with Gasteiger partial charge in [-0.3, -0.25) is 4.79 Å². The Hall–Kier alpha value is -2.30. The Kier molecular flexibility index (Phi) is 3.41. The van der Waals surface area contributed by atoms with Gasteiger partial charge in [-0.25, -0.2) is 4.98 Å². The fraction of sp³-hybridized carbons (Fsp3) is 0.333. The van der Waals surface area contributed by atoms with Gasteiger partial charge in [0.25, 0.3) is 5.91 Å². The van der Waals surface area contributed by atoms with Gasteiger partial charge in [-0.15, -0.1) is 0 Å². The fourth-order valence-electron chi connectivity index (χ4n) is 2.50. The van der Waals surface area contributed by atoms with Gasteiger partial charge in [0.05, 0.1) is 6.33 Å². The molecule has 0 saturated heterocycles. The molecule has 2 heterocycles. The van der Waals surface area contributed by atoms with E-state index in [0.29, 0.717) is 5.56 Å². The predicted molar refractivity (Wildman–Crippen MR) is 77.8 cm³/mol. The van der Waals surface area contributed by atoms with E-state index in [2.05, 4.69) is 15.6 Å². The molecular formula is C15H18N4O. The number of imidazole rings is 1. The molecule has 0 radical (unpaired) electrons. The summed E-state index contributed by atoms with van der Waals surface area (Å²) in [5.41, 5.74) is 3.07. The zero-order valence-electron chi connectivity index (χ0n) is 11.5. The quantitative estimate of drug-likeness (QED) is 0.888. The van der Waals surface area contributed by atoms with E-state index in [1.54, 1.807) is 12.5 Å². The third-order valence-corrected chi connectivity index (χ3v) is 3.50. The van der Waals surface area contributed by atoms with Gasteiger partial charge in [-0.05, 0) is 31.0 Å². The van der Waals surface area contributed by atoms with E-state index in [1.807, 2.05) is 35.9 Å². The predicted octanol–water partition coefficient (Wildman–Crippen LogP) is 1.67. The lowest BCUT2D eigenvalue weighted by Gasteiger charge is -2.15. The number of anilines is 1. The number of carbonyl (C=O) groups excluding carboxylic acids is 1. The molecule has 1 aliphatic heterocycles. The highest BCUT2D eigenvalue weighted by atomic mass is 16.1. The number of amides is 1. The smallest absolute Gasteiger partial charge is 0.251 e. The number of hydrogen-bond donors (Lipinski definition) is 2. The lowest BCUT2D eigenvalue weighted by atomic mass is 10.1. The molecule has 5 heteroatoms. The number of rotatable bonds is 4. The van der Waals surface area contributed by atoms with Gasteiger partial charge >= 0.3 is 0 Å². The summed E-state index contributed by atoms with van der Waals surface area (Å²) in [6, 6.07) is 5.91. The highest BCUT2D eigenvalue weighted by Crippen LogP contribution is 2.23. The zero-order chi connectivity index (χ0) is 13.9. The van der Waals surface area contributed by atoms with Crippen LogP contribution in [0.2, 0.25) is 0 Å². The Bertz CT molecular complexity index is 606. The Morgan fingerprint density at radius 1 is 1.55 bits per heavy atom. The van der Waals surface area contributed by atoms with E-state index in [4.69, 9.17) is 0 Å². The summed E-state index contributed by atoms with van der Waals surface area (Å²) >= 11 is 0. The molecule has 20 heavy (non-hydrogen) atoms. The van der Waals surface area contributed by atoms with Crippen molar-refractivity contribution in [3.63, 3.8) is 0 Å². The third-order valence-electron chi connectivity index (χ3n) is 3.50. The number of aromatic nitrogens is 2. The van der Waals surface area contributed by atoms with Gasteiger partial charge in [-0.1, -0.05) is 6.07 Å². The summed E-state index contributed by atoms with van der Waals surface area (Å²) in [6.45, 7) is 3.66. The molecule has 2 aromatic rings. The van der Waals surface area contributed by atoms with Crippen LogP contribution in [0, 0.1) is 0 Å². The fourth-order valence-corrected chi connectivity index (χ4v) is 2.50. The summed E-state index contributed by atoms with van der Waals surface area (Å²) < 4.78 is 1.95. The Morgan fingerprint density at radius 2 is 2.45 bits per heavy atom. The van der Waals surface area contributed by atoms with Crippen LogP contribution in [0.25, 0.3) is 0 Å². The van der Waals surface area contributed by atoms with Crippen LogP contribution in [0.15, 0.2) is 36.9 Å². The van der Waals surface area contributed by atoms with Crippen molar-refractivity contribution in [3.05, 3.63) is 48.0 Å². The van der Waals surface area contributed by atoms with Gasteiger partial charge in [-0.2, -0.15) is 0 Å². The molecule has 0 bridgehead atoms. The van der Waals surface area contributed by atoms with Gasteiger partial charge in [0.1, 0.15) is 0 Å². The number of nitrogens with zero attached hydrogens (tertiary/aromatic N) is 2. The van der Waals surface area contributed by atoms with Crippen LogP contribution in [-0.4, -0.2) is 28.0 Å². The maximum absolute atomic E-state index is 12.2. The summed E-state index contributed by atoms with van der Waals surface area (Å²) in [5.74, 6) is -0.0332. The molecule has 1 unspecified atom stereocenters. The molecule has 5 nitrogen and oxygen atoms in total. The van der Waals surface area contributed by atoms with Crippen LogP contribution < -0.4 is 10.6 Å². The first kappa shape index (κ1) is 12.7. The highest BCUT2D eigenvalue weighted by molar-refractivity contribution is 5.95. The molecule has 1 aromatic heterocycles. The van der Waals surface area contributed by atoms with Crippen LogP contribution in [0.4, 0.5) is 5.69 Å². The van der Waals surface area contributed by atoms with E-state index in [0.717, 1.165) is 25.2 Å². The maximum Gasteiger partial charge on any atom is 0.251 e. The summed E-state index contributed by atoms with van der Waals surface area (Å²) in [7, 11) is 0. The SMILES string of the molecule is CC(Cn1ccnc1)NC(=O)c1ccc2c(c1)NCC2. The molecule has 3 rings (SSSR count). The van der Waals surface area contributed by atoms with Crippen LogP contribution in [0.1, 0.15) is 22.8 Å². The lowest BCUT2D eigenvalue weighted by molar-refractivity contribution is 0.0937. The normalized spacial score (nSPS) is 14.4. The number of nitrogens with one attached hydrogen (secondary N) is 2. The largest absolute Gasteiger partial charge is 0.384 e. The molecule has 2 N–H and O–H groups in total. The van der Waals surface area contributed by atoms with E-state index in [1.165, 1.54) is 5.56 Å². The molecule has 1 aliphatic rings.